The molecule has 2 N–H and O–H groups in total. The Morgan fingerprint density at radius 1 is 0.927 bits per heavy atom. The highest BCUT2D eigenvalue weighted by atomic mass is 16.4. The molecule has 9 heteroatoms. The fourth-order valence-corrected chi connectivity index (χ4v) is 5.52. The summed E-state index contributed by atoms with van der Waals surface area (Å²) in [7, 11) is 0. The Balaban J connectivity index is 1.49. The maximum Gasteiger partial charge on any atom is 0.329 e. The molecule has 1 heterocycles. The molecule has 3 aromatic carbocycles. The number of benzene rings is 3. The van der Waals surface area contributed by atoms with Gasteiger partial charge in [0.2, 0.25) is 11.7 Å². The summed E-state index contributed by atoms with van der Waals surface area (Å²) in [5.41, 5.74) is 4.22. The van der Waals surface area contributed by atoms with Gasteiger partial charge in [-0.25, -0.2) is 4.79 Å². The Hall–Kier alpha value is -4.66. The molecule has 5 rings (SSSR count). The second-order valence-electron chi connectivity index (χ2n) is 10.5. The molecule has 1 amide bonds. The van der Waals surface area contributed by atoms with Crippen molar-refractivity contribution in [2.75, 3.05) is 0 Å². The summed E-state index contributed by atoms with van der Waals surface area (Å²) in [5.74, 6) is -0.717. The zero-order valence-electron chi connectivity index (χ0n) is 23.0. The first-order valence-electron chi connectivity index (χ1n) is 14.0. The minimum Gasteiger partial charge on any atom is -0.479 e. The van der Waals surface area contributed by atoms with Crippen LogP contribution in [-0.4, -0.2) is 53.8 Å². The first kappa shape index (κ1) is 27.9. The Kier molecular flexibility index (Phi) is 8.33. The van der Waals surface area contributed by atoms with E-state index in [0.29, 0.717) is 12.2 Å². The fraction of sp³-hybridized carbons (Fsp3) is 0.312. The zero-order chi connectivity index (χ0) is 28.8. The van der Waals surface area contributed by atoms with Crippen LogP contribution in [0.25, 0.3) is 33.6 Å². The van der Waals surface area contributed by atoms with Crippen molar-refractivity contribution in [2.45, 2.75) is 64.0 Å². The van der Waals surface area contributed by atoms with Crippen molar-refractivity contribution in [1.29, 1.82) is 0 Å². The van der Waals surface area contributed by atoms with E-state index < -0.39 is 11.5 Å². The number of hydrogen-bond acceptors (Lipinski definition) is 6. The third kappa shape index (κ3) is 5.94. The van der Waals surface area contributed by atoms with Crippen LogP contribution in [0.3, 0.4) is 0 Å². The lowest BCUT2D eigenvalue weighted by Gasteiger charge is -2.43. The number of aromatic nitrogens is 4. The number of tetrazole rings is 1. The van der Waals surface area contributed by atoms with Gasteiger partial charge in [0, 0.05) is 31.4 Å². The van der Waals surface area contributed by atoms with Crippen LogP contribution in [0.15, 0.2) is 72.8 Å². The van der Waals surface area contributed by atoms with Gasteiger partial charge in [0.1, 0.15) is 11.3 Å². The van der Waals surface area contributed by atoms with E-state index in [1.165, 1.54) is 4.90 Å². The van der Waals surface area contributed by atoms with Crippen LogP contribution in [0.5, 0.6) is 0 Å². The molecule has 0 spiro atoms. The molecule has 0 bridgehead atoms. The number of carbonyl (C=O) groups excluding carboxylic acids is 2. The highest BCUT2D eigenvalue weighted by Gasteiger charge is 2.48. The molecule has 9 nitrogen and oxygen atoms in total. The maximum atomic E-state index is 13.4. The normalized spacial score (nSPS) is 14.5. The predicted molar refractivity (Wildman–Crippen MR) is 154 cm³/mol. The van der Waals surface area contributed by atoms with Crippen LogP contribution >= 0.6 is 0 Å². The van der Waals surface area contributed by atoms with Gasteiger partial charge < -0.3 is 10.0 Å². The number of aromatic amines is 1. The van der Waals surface area contributed by atoms with Gasteiger partial charge in [0.15, 0.2) is 0 Å². The van der Waals surface area contributed by atoms with E-state index >= 15 is 0 Å². The minimum atomic E-state index is -1.38. The van der Waals surface area contributed by atoms with E-state index in [-0.39, 0.29) is 50.3 Å². The van der Waals surface area contributed by atoms with Gasteiger partial charge in [0.05, 0.1) is 0 Å². The Bertz CT molecular complexity index is 1510. The van der Waals surface area contributed by atoms with E-state index in [1.807, 2.05) is 61.5 Å². The number of ketones is 1. The number of carboxylic acid groups (broad SMARTS) is 1. The van der Waals surface area contributed by atoms with Gasteiger partial charge >= 0.3 is 5.97 Å². The van der Waals surface area contributed by atoms with Crippen molar-refractivity contribution in [3.05, 3.63) is 78.4 Å². The van der Waals surface area contributed by atoms with Crippen LogP contribution in [0.1, 0.15) is 57.4 Å². The van der Waals surface area contributed by atoms with Crippen molar-refractivity contribution < 1.29 is 19.5 Å². The molecule has 210 valence electrons. The SMILES string of the molecule is CCCCC(=O)N(Cc1ccc(-c2cc(-c3ccccc3)ccc2-c2nn[nH]n2)cc1)C1(C(=O)O)CCC(=O)CC1. The van der Waals surface area contributed by atoms with Crippen molar-refractivity contribution in [3.63, 3.8) is 0 Å². The van der Waals surface area contributed by atoms with Gasteiger partial charge in [-0.15, -0.1) is 10.2 Å². The molecule has 0 aliphatic heterocycles. The molecular weight excluding hydrogens is 518 g/mol. The molecule has 0 saturated heterocycles. The topological polar surface area (TPSA) is 129 Å². The average Bonchev–Trinajstić information content (AvgIpc) is 3.55. The highest BCUT2D eigenvalue weighted by Crippen LogP contribution is 2.37. The number of aliphatic carboxylic acids is 1. The van der Waals surface area contributed by atoms with Gasteiger partial charge in [-0.2, -0.15) is 5.21 Å². The Morgan fingerprint density at radius 3 is 2.27 bits per heavy atom. The number of unbranched alkanes of at least 4 members (excludes halogenated alkanes) is 1. The van der Waals surface area contributed by atoms with E-state index in [9.17, 15) is 19.5 Å². The number of hydrogen-bond donors (Lipinski definition) is 2. The zero-order valence-corrected chi connectivity index (χ0v) is 23.0. The van der Waals surface area contributed by atoms with Gasteiger partial charge in [-0.3, -0.25) is 9.59 Å². The number of nitrogens with zero attached hydrogens (tertiary/aromatic N) is 4. The van der Waals surface area contributed by atoms with Crippen molar-refractivity contribution in [1.82, 2.24) is 25.5 Å². The second kappa shape index (κ2) is 12.2. The molecule has 0 atom stereocenters. The molecule has 1 saturated carbocycles. The number of nitrogens with one attached hydrogen (secondary N) is 1. The number of carboxylic acids is 1. The summed E-state index contributed by atoms with van der Waals surface area (Å²) in [6, 6.07) is 24.0. The molecule has 1 fully saturated rings. The standard InChI is InChI=1S/C32H33N5O4/c1-2-3-9-29(39)37(32(31(40)41)18-16-26(38)17-19-32)21-22-10-12-24(13-11-22)28-20-25(23-7-5-4-6-8-23)14-15-27(28)30-33-35-36-34-30/h4-8,10-15,20H,2-3,9,16-19,21H2,1H3,(H,40,41)(H,33,34,35,36). The van der Waals surface area contributed by atoms with Crippen LogP contribution in [0.4, 0.5) is 0 Å². The molecule has 41 heavy (non-hydrogen) atoms. The van der Waals surface area contributed by atoms with E-state index in [2.05, 4.69) is 38.8 Å². The lowest BCUT2D eigenvalue weighted by molar-refractivity contribution is -0.164. The first-order valence-corrected chi connectivity index (χ1v) is 14.0. The van der Waals surface area contributed by atoms with Crippen molar-refractivity contribution >= 4 is 17.7 Å². The van der Waals surface area contributed by atoms with E-state index in [0.717, 1.165) is 39.8 Å². The van der Waals surface area contributed by atoms with E-state index in [4.69, 9.17) is 0 Å². The molecule has 0 radical (unpaired) electrons. The lowest BCUT2D eigenvalue weighted by atomic mass is 9.79. The van der Waals surface area contributed by atoms with Gasteiger partial charge in [-0.1, -0.05) is 74.0 Å². The number of H-pyrrole nitrogens is 1. The van der Waals surface area contributed by atoms with E-state index in [1.54, 1.807) is 0 Å². The van der Waals surface area contributed by atoms with Crippen LogP contribution in [0.2, 0.25) is 0 Å². The second-order valence-corrected chi connectivity index (χ2v) is 10.5. The number of amides is 1. The fourth-order valence-electron chi connectivity index (χ4n) is 5.52. The molecule has 1 aliphatic carbocycles. The lowest BCUT2D eigenvalue weighted by Crippen LogP contribution is -2.58. The maximum absolute atomic E-state index is 13.4. The molecule has 1 aliphatic rings. The molecular formula is C32H33N5O4. The summed E-state index contributed by atoms with van der Waals surface area (Å²) < 4.78 is 0. The smallest absolute Gasteiger partial charge is 0.329 e. The van der Waals surface area contributed by atoms with Crippen LogP contribution < -0.4 is 0 Å². The highest BCUT2D eigenvalue weighted by molar-refractivity contribution is 5.90. The Labute approximate surface area is 238 Å². The Morgan fingerprint density at radius 2 is 1.63 bits per heavy atom. The summed E-state index contributed by atoms with van der Waals surface area (Å²) in [6.07, 6.45) is 2.39. The minimum absolute atomic E-state index is 0.0438. The first-order chi connectivity index (χ1) is 19.9. The molecule has 1 aromatic heterocycles. The van der Waals surface area contributed by atoms with Crippen LogP contribution in [-0.2, 0) is 20.9 Å². The summed E-state index contributed by atoms with van der Waals surface area (Å²) >= 11 is 0. The third-order valence-electron chi connectivity index (χ3n) is 7.91. The van der Waals surface area contributed by atoms with Crippen LogP contribution in [0, 0.1) is 0 Å². The number of carbonyl (C=O) groups is 3. The molecule has 0 unspecified atom stereocenters. The summed E-state index contributed by atoms with van der Waals surface area (Å²) in [4.78, 5) is 39.5. The summed E-state index contributed by atoms with van der Waals surface area (Å²) in [5, 5.41) is 24.9. The molecule has 4 aromatic rings. The quantitative estimate of drug-likeness (QED) is 0.259. The number of Topliss-reactive ketones (excluding diaryl/α,β-unsaturated/α-hetero) is 1. The van der Waals surface area contributed by atoms with Crippen molar-refractivity contribution in [2.24, 2.45) is 0 Å². The van der Waals surface area contributed by atoms with Gasteiger partial charge in [-0.05, 0) is 64.4 Å². The third-order valence-corrected chi connectivity index (χ3v) is 7.91. The predicted octanol–water partition coefficient (Wildman–Crippen LogP) is 5.69. The van der Waals surface area contributed by atoms with Crippen molar-refractivity contribution in [3.8, 4) is 33.6 Å². The monoisotopic (exact) mass is 551 g/mol. The summed E-state index contributed by atoms with van der Waals surface area (Å²) in [6.45, 7) is 2.16. The average molecular weight is 552 g/mol. The number of rotatable bonds is 10. The largest absolute Gasteiger partial charge is 0.479 e. The van der Waals surface area contributed by atoms with Gasteiger partial charge in [0.25, 0.3) is 0 Å².